The molecule has 2 aliphatic rings. The molecule has 0 fully saturated rings. The fourth-order valence-electron chi connectivity index (χ4n) is 14.0. The van der Waals surface area contributed by atoms with E-state index < -0.39 is 0 Å². The standard InChI is InChI=1S/C74H50/c1-73(2)65-23-7-5-19-57(65)59-31-29-47(41-67(59)73)51-33-53(37-55(35-51)63-39-49-17-9-13-43-25-27-45-15-11-21-61(63)71(45)69(43)49)54-34-52(48-30-32-60-58-20-6-8-24-66(58)74(3,4)68(60)42-48)36-56(38-54)64-40-50-18-10-14-44-26-28-46-16-12-22-62(64)72(46)70(44)50/h5-42H,1-4H3. The van der Waals surface area contributed by atoms with Crippen LogP contribution in [0.25, 0.3) is 143 Å². The molecule has 0 unspecified atom stereocenters. The predicted octanol–water partition coefficient (Wildman–Crippen LogP) is 20.4. The Balaban J connectivity index is 0.978. The van der Waals surface area contributed by atoms with Gasteiger partial charge in [0.2, 0.25) is 0 Å². The second kappa shape index (κ2) is 14.9. The Morgan fingerprint density at radius 2 is 0.541 bits per heavy atom. The maximum absolute atomic E-state index is 2.49. The number of hydrogen-bond acceptors (Lipinski definition) is 0. The molecule has 0 radical (unpaired) electrons. The Bertz CT molecular complexity index is 4410. The molecule has 0 saturated carbocycles. The molecule has 346 valence electrons. The van der Waals surface area contributed by atoms with Crippen LogP contribution < -0.4 is 0 Å². The molecule has 0 N–H and O–H groups in total. The van der Waals surface area contributed by atoms with Gasteiger partial charge in [0.25, 0.3) is 0 Å². The Morgan fingerprint density at radius 1 is 0.203 bits per heavy atom. The molecule has 0 atom stereocenters. The molecular formula is C74H50. The van der Waals surface area contributed by atoms with Crippen LogP contribution in [-0.4, -0.2) is 0 Å². The lowest BCUT2D eigenvalue weighted by atomic mass is 9.81. The molecule has 0 heterocycles. The number of benzene rings is 14. The molecule has 0 heteroatoms. The molecule has 2 aliphatic carbocycles. The third kappa shape index (κ3) is 5.80. The zero-order valence-electron chi connectivity index (χ0n) is 41.9. The van der Waals surface area contributed by atoms with Gasteiger partial charge in [0.05, 0.1) is 0 Å². The first-order valence-corrected chi connectivity index (χ1v) is 26.3. The van der Waals surface area contributed by atoms with Gasteiger partial charge in [-0.2, -0.15) is 0 Å². The molecule has 0 bridgehead atoms. The summed E-state index contributed by atoms with van der Waals surface area (Å²) in [6.07, 6.45) is 0. The van der Waals surface area contributed by atoms with Crippen LogP contribution in [0.5, 0.6) is 0 Å². The van der Waals surface area contributed by atoms with Crippen LogP contribution in [0.3, 0.4) is 0 Å². The molecule has 74 heavy (non-hydrogen) atoms. The summed E-state index contributed by atoms with van der Waals surface area (Å²) in [5.74, 6) is 0. The minimum atomic E-state index is -0.124. The Labute approximate surface area is 431 Å². The van der Waals surface area contributed by atoms with Gasteiger partial charge in [0.15, 0.2) is 0 Å². The largest absolute Gasteiger partial charge is 0.0619 e. The van der Waals surface area contributed by atoms with Crippen molar-refractivity contribution < 1.29 is 0 Å². The first-order chi connectivity index (χ1) is 36.2. The van der Waals surface area contributed by atoms with E-state index in [1.807, 2.05) is 0 Å². The van der Waals surface area contributed by atoms with Crippen LogP contribution in [0.1, 0.15) is 49.9 Å². The van der Waals surface area contributed by atoms with Gasteiger partial charge in [0, 0.05) is 10.8 Å². The molecule has 0 spiro atoms. The summed E-state index contributed by atoms with van der Waals surface area (Å²) in [5, 5.41) is 15.6. The van der Waals surface area contributed by atoms with Crippen LogP contribution in [0, 0.1) is 0 Å². The van der Waals surface area contributed by atoms with E-state index in [0.29, 0.717) is 0 Å². The van der Waals surface area contributed by atoms with E-state index in [0.717, 1.165) is 0 Å². The molecule has 0 saturated heterocycles. The fourth-order valence-corrected chi connectivity index (χ4v) is 14.0. The van der Waals surface area contributed by atoms with E-state index >= 15 is 0 Å². The lowest BCUT2D eigenvalue weighted by Gasteiger charge is -2.22. The molecular weight excluding hydrogens is 889 g/mol. The van der Waals surface area contributed by atoms with Gasteiger partial charge in [-0.25, -0.2) is 0 Å². The normalized spacial score (nSPS) is 14.2. The van der Waals surface area contributed by atoms with Gasteiger partial charge < -0.3 is 0 Å². The minimum Gasteiger partial charge on any atom is -0.0619 e. The van der Waals surface area contributed by atoms with Crippen molar-refractivity contribution in [2.75, 3.05) is 0 Å². The van der Waals surface area contributed by atoms with Gasteiger partial charge in [-0.15, -0.1) is 0 Å². The van der Waals surface area contributed by atoms with E-state index in [1.165, 1.54) is 165 Å². The van der Waals surface area contributed by atoms with Crippen molar-refractivity contribution in [2.24, 2.45) is 0 Å². The van der Waals surface area contributed by atoms with Gasteiger partial charge in [-0.3, -0.25) is 0 Å². The van der Waals surface area contributed by atoms with Crippen molar-refractivity contribution in [1.29, 1.82) is 0 Å². The maximum Gasteiger partial charge on any atom is 0.0159 e. The summed E-state index contributed by atoms with van der Waals surface area (Å²) in [6, 6.07) is 88.5. The summed E-state index contributed by atoms with van der Waals surface area (Å²) in [6.45, 7) is 9.56. The topological polar surface area (TPSA) is 0 Å². The lowest BCUT2D eigenvalue weighted by Crippen LogP contribution is -2.14. The van der Waals surface area contributed by atoms with E-state index in [2.05, 4.69) is 258 Å². The van der Waals surface area contributed by atoms with Crippen LogP contribution >= 0.6 is 0 Å². The van der Waals surface area contributed by atoms with Gasteiger partial charge in [0.1, 0.15) is 0 Å². The van der Waals surface area contributed by atoms with Crippen molar-refractivity contribution in [3.05, 3.63) is 253 Å². The smallest absolute Gasteiger partial charge is 0.0159 e. The van der Waals surface area contributed by atoms with E-state index in [-0.39, 0.29) is 10.8 Å². The Kier molecular flexibility index (Phi) is 8.39. The minimum absolute atomic E-state index is 0.124. The van der Waals surface area contributed by atoms with Gasteiger partial charge >= 0.3 is 0 Å². The van der Waals surface area contributed by atoms with E-state index in [9.17, 15) is 0 Å². The Morgan fingerprint density at radius 3 is 0.973 bits per heavy atom. The maximum atomic E-state index is 2.49. The molecule has 14 aromatic carbocycles. The van der Waals surface area contributed by atoms with Gasteiger partial charge in [-0.1, -0.05) is 198 Å². The van der Waals surface area contributed by atoms with Gasteiger partial charge in [-0.05, 0) is 225 Å². The third-order valence-corrected chi connectivity index (χ3v) is 17.7. The molecule has 0 aliphatic heterocycles. The average Bonchev–Trinajstić information content (AvgIpc) is 3.86. The fraction of sp³-hybridized carbons (Fsp3) is 0.0811. The van der Waals surface area contributed by atoms with E-state index in [4.69, 9.17) is 0 Å². The summed E-state index contributed by atoms with van der Waals surface area (Å²) in [5.41, 5.74) is 22.9. The van der Waals surface area contributed by atoms with Crippen molar-refractivity contribution in [3.63, 3.8) is 0 Å². The molecule has 16 rings (SSSR count). The quantitative estimate of drug-likeness (QED) is 0.151. The molecule has 0 nitrogen and oxygen atoms in total. The highest BCUT2D eigenvalue weighted by Gasteiger charge is 2.37. The highest BCUT2D eigenvalue weighted by Crippen LogP contribution is 2.53. The third-order valence-electron chi connectivity index (χ3n) is 17.7. The molecule has 0 aromatic heterocycles. The summed E-state index contributed by atoms with van der Waals surface area (Å²) in [7, 11) is 0. The average molecular weight is 939 g/mol. The highest BCUT2D eigenvalue weighted by molar-refractivity contribution is 6.27. The zero-order valence-corrected chi connectivity index (χ0v) is 41.9. The van der Waals surface area contributed by atoms with Crippen molar-refractivity contribution >= 4 is 64.6 Å². The zero-order chi connectivity index (χ0) is 49.2. The monoisotopic (exact) mass is 938 g/mol. The summed E-state index contributed by atoms with van der Waals surface area (Å²) >= 11 is 0. The summed E-state index contributed by atoms with van der Waals surface area (Å²) in [4.78, 5) is 0. The Hall–Kier alpha value is -8.84. The highest BCUT2D eigenvalue weighted by atomic mass is 14.4. The number of fused-ring (bicyclic) bond motifs is 6. The van der Waals surface area contributed by atoms with Crippen molar-refractivity contribution in [3.8, 4) is 77.9 Å². The predicted molar refractivity (Wildman–Crippen MR) is 316 cm³/mol. The van der Waals surface area contributed by atoms with Crippen LogP contribution in [-0.2, 0) is 10.8 Å². The van der Waals surface area contributed by atoms with E-state index in [1.54, 1.807) is 0 Å². The second-order valence-corrected chi connectivity index (χ2v) is 22.4. The lowest BCUT2D eigenvalue weighted by molar-refractivity contribution is 0.660. The molecule has 14 aromatic rings. The van der Waals surface area contributed by atoms with Crippen LogP contribution in [0.15, 0.2) is 231 Å². The SMILES string of the molecule is CC1(C)c2ccccc2-c2ccc(-c3cc(-c4cc(-c5ccc6c(c5)C(C)(C)c5ccccc5-6)cc(-c5cc6cccc7ccc8cccc5c8c76)c4)cc(-c4cc5cccc6ccc7cccc4c7c65)c3)cc21. The second-order valence-electron chi connectivity index (χ2n) is 22.4. The number of hydrogen-bond donors (Lipinski definition) is 0. The van der Waals surface area contributed by atoms with Crippen LogP contribution in [0.2, 0.25) is 0 Å². The van der Waals surface area contributed by atoms with Crippen molar-refractivity contribution in [1.82, 2.24) is 0 Å². The summed E-state index contributed by atoms with van der Waals surface area (Å²) < 4.78 is 0. The first kappa shape index (κ1) is 41.7. The van der Waals surface area contributed by atoms with Crippen molar-refractivity contribution in [2.45, 2.75) is 38.5 Å². The molecule has 0 amide bonds. The number of rotatable bonds is 5. The van der Waals surface area contributed by atoms with Crippen LogP contribution in [0.4, 0.5) is 0 Å². The first-order valence-electron chi connectivity index (χ1n) is 26.3.